The van der Waals surface area contributed by atoms with Gasteiger partial charge in [-0.15, -0.1) is 0 Å². The molecule has 0 amide bonds. The zero-order valence-corrected chi connectivity index (χ0v) is 9.62. The summed E-state index contributed by atoms with van der Waals surface area (Å²) in [5.41, 5.74) is 0. The van der Waals surface area contributed by atoms with E-state index in [-0.39, 0.29) is 0 Å². The molecule has 0 saturated heterocycles. The highest BCUT2D eigenvalue weighted by Crippen LogP contribution is 2.22. The topological polar surface area (TPSA) is 29.9 Å². The summed E-state index contributed by atoms with van der Waals surface area (Å²) in [6, 6.07) is 0.370. The smallest absolute Gasteiger partial charge is 0.126 e. The predicted octanol–water partition coefficient (Wildman–Crippen LogP) is 2.21. The van der Waals surface area contributed by atoms with Crippen LogP contribution in [-0.4, -0.2) is 16.6 Å². The Labute approximate surface area is 86.5 Å². The minimum atomic E-state index is 0.370. The van der Waals surface area contributed by atoms with Crippen LogP contribution in [0.2, 0.25) is 0 Å². The molecule has 0 aliphatic carbocycles. The van der Waals surface area contributed by atoms with Gasteiger partial charge in [-0.25, -0.2) is 4.98 Å². The second-order valence-electron chi connectivity index (χ2n) is 3.72. The Kier molecular flexibility index (Phi) is 4.14. The van der Waals surface area contributed by atoms with Crippen molar-refractivity contribution in [2.45, 2.75) is 39.8 Å². The lowest BCUT2D eigenvalue weighted by molar-refractivity contribution is 0.373. The molecule has 0 aromatic carbocycles. The van der Waals surface area contributed by atoms with Gasteiger partial charge in [0.1, 0.15) is 5.82 Å². The molecule has 0 fully saturated rings. The third kappa shape index (κ3) is 2.15. The van der Waals surface area contributed by atoms with Crippen molar-refractivity contribution in [2.24, 2.45) is 5.92 Å². The molecule has 0 saturated carbocycles. The fourth-order valence-corrected chi connectivity index (χ4v) is 1.77. The Hall–Kier alpha value is -0.830. The lowest BCUT2D eigenvalue weighted by atomic mass is 9.98. The Bertz CT molecular complexity index is 267. The standard InChI is InChI=1S/C11H21N3/c1-5-9(3)10(12-4)11-13-7-8-14(11)6-2/h7-10,12H,5-6H2,1-4H3. The summed E-state index contributed by atoms with van der Waals surface area (Å²) in [4.78, 5) is 4.43. The normalized spacial score (nSPS) is 15.4. The number of aromatic nitrogens is 2. The highest BCUT2D eigenvalue weighted by Gasteiger charge is 2.19. The molecule has 0 bridgehead atoms. The van der Waals surface area contributed by atoms with E-state index in [1.165, 1.54) is 6.42 Å². The summed E-state index contributed by atoms with van der Waals surface area (Å²) in [6.07, 6.45) is 5.09. The molecule has 2 atom stereocenters. The van der Waals surface area contributed by atoms with Crippen LogP contribution in [-0.2, 0) is 6.54 Å². The molecule has 1 rings (SSSR count). The van der Waals surface area contributed by atoms with Crippen molar-refractivity contribution >= 4 is 0 Å². The maximum absolute atomic E-state index is 4.43. The van der Waals surface area contributed by atoms with Gasteiger partial charge in [0.15, 0.2) is 0 Å². The molecule has 1 heterocycles. The van der Waals surface area contributed by atoms with Gasteiger partial charge in [0.2, 0.25) is 0 Å². The lowest BCUT2D eigenvalue weighted by Crippen LogP contribution is -2.26. The molecule has 1 aromatic heterocycles. The Morgan fingerprint density at radius 3 is 2.71 bits per heavy atom. The number of nitrogens with zero attached hydrogens (tertiary/aromatic N) is 2. The minimum absolute atomic E-state index is 0.370. The molecule has 3 nitrogen and oxygen atoms in total. The second kappa shape index (κ2) is 5.15. The van der Waals surface area contributed by atoms with E-state index in [9.17, 15) is 0 Å². The third-order valence-electron chi connectivity index (χ3n) is 2.89. The zero-order valence-electron chi connectivity index (χ0n) is 9.62. The molecule has 2 unspecified atom stereocenters. The van der Waals surface area contributed by atoms with Crippen molar-refractivity contribution in [1.82, 2.24) is 14.9 Å². The molecular weight excluding hydrogens is 174 g/mol. The van der Waals surface area contributed by atoms with Crippen LogP contribution in [0, 0.1) is 5.92 Å². The van der Waals surface area contributed by atoms with E-state index in [1.807, 2.05) is 19.4 Å². The van der Waals surface area contributed by atoms with Crippen LogP contribution in [0.3, 0.4) is 0 Å². The van der Waals surface area contributed by atoms with Crippen molar-refractivity contribution < 1.29 is 0 Å². The van der Waals surface area contributed by atoms with Crippen molar-refractivity contribution in [3.8, 4) is 0 Å². The summed E-state index contributed by atoms with van der Waals surface area (Å²) in [5.74, 6) is 1.78. The van der Waals surface area contributed by atoms with Crippen molar-refractivity contribution in [1.29, 1.82) is 0 Å². The molecule has 0 aliphatic rings. The third-order valence-corrected chi connectivity index (χ3v) is 2.89. The van der Waals surface area contributed by atoms with Gasteiger partial charge in [0.05, 0.1) is 6.04 Å². The van der Waals surface area contributed by atoms with E-state index in [0.717, 1.165) is 12.4 Å². The average Bonchev–Trinajstić information content (AvgIpc) is 2.66. The van der Waals surface area contributed by atoms with Crippen molar-refractivity contribution in [2.75, 3.05) is 7.05 Å². The Balaban J connectivity index is 2.88. The summed E-state index contributed by atoms with van der Waals surface area (Å²) in [6.45, 7) is 7.61. The summed E-state index contributed by atoms with van der Waals surface area (Å²) in [7, 11) is 2.01. The molecule has 80 valence electrons. The van der Waals surface area contributed by atoms with Crippen LogP contribution >= 0.6 is 0 Å². The SMILES string of the molecule is CCC(C)C(NC)c1nccn1CC. The van der Waals surface area contributed by atoms with E-state index in [0.29, 0.717) is 12.0 Å². The summed E-state index contributed by atoms with van der Waals surface area (Å²) < 4.78 is 2.20. The minimum Gasteiger partial charge on any atom is -0.334 e. The zero-order chi connectivity index (χ0) is 10.6. The quantitative estimate of drug-likeness (QED) is 0.780. The fraction of sp³-hybridized carbons (Fsp3) is 0.727. The van der Waals surface area contributed by atoms with Gasteiger partial charge in [-0.3, -0.25) is 0 Å². The maximum Gasteiger partial charge on any atom is 0.126 e. The molecule has 3 heteroatoms. The number of hydrogen-bond acceptors (Lipinski definition) is 2. The predicted molar refractivity (Wildman–Crippen MR) is 59.2 cm³/mol. The molecule has 0 radical (unpaired) electrons. The largest absolute Gasteiger partial charge is 0.334 e. The van der Waals surface area contributed by atoms with Crippen molar-refractivity contribution in [3.63, 3.8) is 0 Å². The highest BCUT2D eigenvalue weighted by atomic mass is 15.1. The number of rotatable bonds is 5. The highest BCUT2D eigenvalue weighted by molar-refractivity contribution is 5.00. The van der Waals surface area contributed by atoms with E-state index >= 15 is 0 Å². The number of nitrogens with one attached hydrogen (secondary N) is 1. The first-order chi connectivity index (χ1) is 6.74. The van der Waals surface area contributed by atoms with Crippen LogP contribution < -0.4 is 5.32 Å². The van der Waals surface area contributed by atoms with Gasteiger partial charge in [-0.1, -0.05) is 20.3 Å². The molecule has 1 N–H and O–H groups in total. The average molecular weight is 195 g/mol. The van der Waals surface area contributed by atoms with Gasteiger partial charge >= 0.3 is 0 Å². The Morgan fingerprint density at radius 2 is 2.21 bits per heavy atom. The first-order valence-corrected chi connectivity index (χ1v) is 5.42. The number of hydrogen-bond donors (Lipinski definition) is 1. The summed E-state index contributed by atoms with van der Waals surface area (Å²) >= 11 is 0. The first kappa shape index (κ1) is 11.2. The van der Waals surface area contributed by atoms with Gasteiger partial charge in [0, 0.05) is 18.9 Å². The molecular formula is C11H21N3. The van der Waals surface area contributed by atoms with Crippen molar-refractivity contribution in [3.05, 3.63) is 18.2 Å². The monoisotopic (exact) mass is 195 g/mol. The maximum atomic E-state index is 4.43. The molecule has 1 aromatic rings. The van der Waals surface area contributed by atoms with Gasteiger partial charge in [-0.05, 0) is 19.9 Å². The van der Waals surface area contributed by atoms with Gasteiger partial charge in [-0.2, -0.15) is 0 Å². The van der Waals surface area contributed by atoms with Crippen LogP contribution in [0.5, 0.6) is 0 Å². The van der Waals surface area contributed by atoms with Gasteiger partial charge < -0.3 is 9.88 Å². The lowest BCUT2D eigenvalue weighted by Gasteiger charge is -2.22. The molecule has 0 spiro atoms. The first-order valence-electron chi connectivity index (χ1n) is 5.42. The summed E-state index contributed by atoms with van der Waals surface area (Å²) in [5, 5.41) is 3.35. The van der Waals surface area contributed by atoms with Crippen LogP contribution in [0.25, 0.3) is 0 Å². The fourth-order valence-electron chi connectivity index (χ4n) is 1.77. The second-order valence-corrected chi connectivity index (χ2v) is 3.72. The van der Waals surface area contributed by atoms with E-state index in [1.54, 1.807) is 0 Å². The van der Waals surface area contributed by atoms with Crippen LogP contribution in [0.15, 0.2) is 12.4 Å². The molecule has 14 heavy (non-hydrogen) atoms. The van der Waals surface area contributed by atoms with E-state index < -0.39 is 0 Å². The Morgan fingerprint density at radius 1 is 1.50 bits per heavy atom. The number of imidazole rings is 1. The van der Waals surface area contributed by atoms with Crippen LogP contribution in [0.4, 0.5) is 0 Å². The van der Waals surface area contributed by atoms with Gasteiger partial charge in [0.25, 0.3) is 0 Å². The number of aryl methyl sites for hydroxylation is 1. The molecule has 0 aliphatic heterocycles. The van der Waals surface area contributed by atoms with E-state index in [2.05, 4.69) is 35.6 Å². The van der Waals surface area contributed by atoms with E-state index in [4.69, 9.17) is 0 Å². The van der Waals surface area contributed by atoms with Crippen LogP contribution in [0.1, 0.15) is 39.1 Å².